The fraction of sp³-hybridized carbons (Fsp3) is 0.357. The molecular weight excluding hydrogens is 264 g/mol. The topological polar surface area (TPSA) is 68.3 Å². The van der Waals surface area contributed by atoms with E-state index < -0.39 is 0 Å². The van der Waals surface area contributed by atoms with Crippen LogP contribution in [0.25, 0.3) is 11.0 Å². The maximum Gasteiger partial charge on any atom is 0.287 e. The summed E-state index contributed by atoms with van der Waals surface area (Å²) in [6.07, 6.45) is 2.33. The first-order valence-corrected chi connectivity index (χ1v) is 6.74. The lowest BCUT2D eigenvalue weighted by Gasteiger charge is -2.10. The number of fused-ring (bicyclic) bond motifs is 1. The largest absolute Gasteiger partial charge is 0.451 e. The van der Waals surface area contributed by atoms with Crippen LogP contribution in [0.1, 0.15) is 23.4 Å². The van der Waals surface area contributed by atoms with Crippen molar-refractivity contribution in [2.75, 3.05) is 6.54 Å². The van der Waals surface area contributed by atoms with Crippen molar-refractivity contribution in [2.45, 2.75) is 18.9 Å². The Morgan fingerprint density at radius 3 is 3.00 bits per heavy atom. The van der Waals surface area contributed by atoms with Crippen molar-refractivity contribution in [3.8, 4) is 0 Å². The first kappa shape index (κ1) is 12.5. The minimum atomic E-state index is -0.233. The standard InChI is InChI=1S/C14H15ClN2O2/c15-10-3-4-12-9(5-10)6-13(19-12)14(18)17-7-11(16)8-1-2-8/h3-6,8,11H,1-2,7,16H2,(H,17,18). The van der Waals surface area contributed by atoms with Crippen LogP contribution in [0.5, 0.6) is 0 Å². The number of carbonyl (C=O) groups is 1. The van der Waals surface area contributed by atoms with E-state index in [1.807, 2.05) is 0 Å². The summed E-state index contributed by atoms with van der Waals surface area (Å²) >= 11 is 5.89. The van der Waals surface area contributed by atoms with E-state index in [1.54, 1.807) is 24.3 Å². The van der Waals surface area contributed by atoms with Gasteiger partial charge in [-0.2, -0.15) is 0 Å². The zero-order valence-electron chi connectivity index (χ0n) is 10.4. The number of furan rings is 1. The molecule has 5 heteroatoms. The number of nitrogens with two attached hydrogens (primary N) is 1. The summed E-state index contributed by atoms with van der Waals surface area (Å²) in [6, 6.07) is 7.00. The van der Waals surface area contributed by atoms with Crippen LogP contribution in [0.2, 0.25) is 5.02 Å². The van der Waals surface area contributed by atoms with Gasteiger partial charge in [-0.25, -0.2) is 0 Å². The van der Waals surface area contributed by atoms with Crippen LogP contribution >= 0.6 is 11.6 Å². The molecule has 4 nitrogen and oxygen atoms in total. The molecule has 1 aliphatic rings. The average Bonchev–Trinajstić information content (AvgIpc) is 3.15. The van der Waals surface area contributed by atoms with Gasteiger partial charge in [0.2, 0.25) is 0 Å². The summed E-state index contributed by atoms with van der Waals surface area (Å²) in [4.78, 5) is 12.0. The molecule has 1 aromatic carbocycles. The highest BCUT2D eigenvalue weighted by Crippen LogP contribution is 2.31. The predicted octanol–water partition coefficient (Wildman–Crippen LogP) is 2.55. The smallest absolute Gasteiger partial charge is 0.287 e. The summed E-state index contributed by atoms with van der Waals surface area (Å²) in [5.41, 5.74) is 6.59. The zero-order valence-corrected chi connectivity index (χ0v) is 11.1. The number of halogens is 1. The third-order valence-electron chi connectivity index (χ3n) is 3.43. The lowest BCUT2D eigenvalue weighted by Crippen LogP contribution is -2.38. The molecule has 0 saturated heterocycles. The normalized spacial score (nSPS) is 16.5. The summed E-state index contributed by atoms with van der Waals surface area (Å²) in [5, 5.41) is 4.25. The summed E-state index contributed by atoms with van der Waals surface area (Å²) in [6.45, 7) is 0.487. The van der Waals surface area contributed by atoms with Crippen LogP contribution in [0.3, 0.4) is 0 Å². The highest BCUT2D eigenvalue weighted by Gasteiger charge is 2.28. The van der Waals surface area contributed by atoms with Crippen molar-refractivity contribution in [1.82, 2.24) is 5.32 Å². The molecule has 1 heterocycles. The third kappa shape index (κ3) is 2.74. The van der Waals surface area contributed by atoms with Gasteiger partial charge in [0.1, 0.15) is 5.58 Å². The van der Waals surface area contributed by atoms with Gasteiger partial charge in [0, 0.05) is 23.0 Å². The molecule has 3 N–H and O–H groups in total. The summed E-state index contributed by atoms with van der Waals surface area (Å²) in [5.74, 6) is 0.624. The van der Waals surface area contributed by atoms with Gasteiger partial charge in [-0.05, 0) is 43.0 Å². The van der Waals surface area contributed by atoms with Gasteiger partial charge in [0.25, 0.3) is 5.91 Å². The lowest BCUT2D eigenvalue weighted by molar-refractivity contribution is 0.0925. The minimum absolute atomic E-state index is 0.0442. The van der Waals surface area contributed by atoms with Crippen LogP contribution in [-0.4, -0.2) is 18.5 Å². The average molecular weight is 279 g/mol. The molecule has 3 rings (SSSR count). The van der Waals surface area contributed by atoms with Crippen molar-refractivity contribution in [3.63, 3.8) is 0 Å². The predicted molar refractivity (Wildman–Crippen MR) is 74.3 cm³/mol. The quantitative estimate of drug-likeness (QED) is 0.903. The van der Waals surface area contributed by atoms with E-state index in [1.165, 1.54) is 12.8 Å². The number of nitrogens with one attached hydrogen (secondary N) is 1. The Morgan fingerprint density at radius 1 is 1.47 bits per heavy atom. The van der Waals surface area contributed by atoms with Crippen molar-refractivity contribution in [2.24, 2.45) is 11.7 Å². The van der Waals surface area contributed by atoms with Gasteiger partial charge >= 0.3 is 0 Å². The Hall–Kier alpha value is -1.52. The molecule has 1 aliphatic carbocycles. The van der Waals surface area contributed by atoms with Gasteiger partial charge in [0.05, 0.1) is 0 Å². The highest BCUT2D eigenvalue weighted by atomic mass is 35.5. The van der Waals surface area contributed by atoms with Crippen LogP contribution in [-0.2, 0) is 0 Å². The van der Waals surface area contributed by atoms with Crippen molar-refractivity contribution in [1.29, 1.82) is 0 Å². The molecule has 19 heavy (non-hydrogen) atoms. The van der Waals surface area contributed by atoms with Crippen molar-refractivity contribution < 1.29 is 9.21 Å². The SMILES string of the molecule is NC(CNC(=O)c1cc2cc(Cl)ccc2o1)C1CC1. The van der Waals surface area contributed by atoms with Gasteiger partial charge < -0.3 is 15.5 Å². The lowest BCUT2D eigenvalue weighted by atomic mass is 10.2. The van der Waals surface area contributed by atoms with Crippen molar-refractivity contribution >= 4 is 28.5 Å². The maximum atomic E-state index is 12.0. The van der Waals surface area contributed by atoms with E-state index in [0.29, 0.717) is 28.8 Å². The van der Waals surface area contributed by atoms with Crippen LogP contribution in [0.15, 0.2) is 28.7 Å². The molecule has 1 aromatic heterocycles. The monoisotopic (exact) mass is 278 g/mol. The Balaban J connectivity index is 1.70. The Kier molecular flexibility index (Phi) is 3.21. The van der Waals surface area contributed by atoms with Gasteiger partial charge in [0.15, 0.2) is 5.76 Å². The zero-order chi connectivity index (χ0) is 13.4. The van der Waals surface area contributed by atoms with E-state index in [9.17, 15) is 4.79 Å². The Morgan fingerprint density at radius 2 is 2.26 bits per heavy atom. The molecule has 1 amide bonds. The molecule has 1 saturated carbocycles. The molecule has 1 fully saturated rings. The molecule has 2 aromatic rings. The number of carbonyl (C=O) groups excluding carboxylic acids is 1. The second-order valence-electron chi connectivity index (χ2n) is 5.00. The third-order valence-corrected chi connectivity index (χ3v) is 3.66. The molecule has 1 unspecified atom stereocenters. The van der Waals surface area contributed by atoms with E-state index in [0.717, 1.165) is 5.39 Å². The first-order valence-electron chi connectivity index (χ1n) is 6.36. The fourth-order valence-electron chi connectivity index (χ4n) is 2.11. The van der Waals surface area contributed by atoms with E-state index in [4.69, 9.17) is 21.8 Å². The van der Waals surface area contributed by atoms with Gasteiger partial charge in [-0.1, -0.05) is 11.6 Å². The van der Waals surface area contributed by atoms with E-state index in [-0.39, 0.29) is 11.9 Å². The van der Waals surface area contributed by atoms with Gasteiger partial charge in [-0.15, -0.1) is 0 Å². The first-order chi connectivity index (χ1) is 9.13. The van der Waals surface area contributed by atoms with E-state index in [2.05, 4.69) is 5.32 Å². The highest BCUT2D eigenvalue weighted by molar-refractivity contribution is 6.31. The van der Waals surface area contributed by atoms with Crippen LogP contribution in [0.4, 0.5) is 0 Å². The molecule has 1 atom stereocenters. The maximum absolute atomic E-state index is 12.0. The molecule has 0 bridgehead atoms. The van der Waals surface area contributed by atoms with Crippen molar-refractivity contribution in [3.05, 3.63) is 35.0 Å². The fourth-order valence-corrected chi connectivity index (χ4v) is 2.30. The second kappa shape index (κ2) is 4.87. The second-order valence-corrected chi connectivity index (χ2v) is 5.44. The van der Waals surface area contributed by atoms with E-state index >= 15 is 0 Å². The Labute approximate surface area is 115 Å². The molecule has 0 spiro atoms. The van der Waals surface area contributed by atoms with Gasteiger partial charge in [-0.3, -0.25) is 4.79 Å². The van der Waals surface area contributed by atoms with Crippen LogP contribution < -0.4 is 11.1 Å². The summed E-state index contributed by atoms with van der Waals surface area (Å²) in [7, 11) is 0. The number of amides is 1. The molecule has 0 aliphatic heterocycles. The Bertz CT molecular complexity index is 619. The van der Waals surface area contributed by atoms with Crippen LogP contribution in [0, 0.1) is 5.92 Å². The minimum Gasteiger partial charge on any atom is -0.451 e. The number of hydrogen-bond donors (Lipinski definition) is 2. The number of rotatable bonds is 4. The summed E-state index contributed by atoms with van der Waals surface area (Å²) < 4.78 is 5.48. The molecule has 100 valence electrons. The molecular formula is C14H15ClN2O2. The number of benzene rings is 1. The molecule has 0 radical (unpaired) electrons. The number of hydrogen-bond acceptors (Lipinski definition) is 3.